The topological polar surface area (TPSA) is 58.2 Å². The first-order chi connectivity index (χ1) is 9.22. The van der Waals surface area contributed by atoms with E-state index in [9.17, 15) is 9.59 Å². The van der Waals surface area contributed by atoms with Crippen LogP contribution in [0.4, 0.5) is 0 Å². The third-order valence-electron chi connectivity index (χ3n) is 2.56. The van der Waals surface area contributed by atoms with Crippen LogP contribution in [0.3, 0.4) is 0 Å². The van der Waals surface area contributed by atoms with Crippen molar-refractivity contribution in [3.8, 4) is 0 Å². The van der Waals surface area contributed by atoms with Crippen LogP contribution >= 0.6 is 0 Å². The van der Waals surface area contributed by atoms with Gasteiger partial charge in [-0.1, -0.05) is 50.1 Å². The highest BCUT2D eigenvalue weighted by Gasteiger charge is 2.01. The van der Waals surface area contributed by atoms with Gasteiger partial charge < -0.3 is 0 Å². The van der Waals surface area contributed by atoms with E-state index in [-0.39, 0.29) is 11.8 Å². The fourth-order valence-electron chi connectivity index (χ4n) is 1.51. The molecule has 2 amide bonds. The van der Waals surface area contributed by atoms with Crippen LogP contribution in [0, 0.1) is 0 Å². The molecule has 0 unspecified atom stereocenters. The number of carbonyl (C=O) groups excluding carboxylic acids is 2. The summed E-state index contributed by atoms with van der Waals surface area (Å²) in [7, 11) is 0. The fourth-order valence-corrected chi connectivity index (χ4v) is 1.51. The number of benzene rings is 1. The van der Waals surface area contributed by atoms with E-state index in [0.29, 0.717) is 6.42 Å². The van der Waals surface area contributed by atoms with Crippen LogP contribution in [-0.2, 0) is 9.59 Å². The van der Waals surface area contributed by atoms with E-state index >= 15 is 0 Å². The number of hydrazine groups is 1. The molecule has 0 bridgehead atoms. The molecular formula is C15H20N2O2. The quantitative estimate of drug-likeness (QED) is 0.469. The van der Waals surface area contributed by atoms with Crippen molar-refractivity contribution >= 4 is 17.9 Å². The average molecular weight is 260 g/mol. The fraction of sp³-hybridized carbons (Fsp3) is 0.333. The molecule has 19 heavy (non-hydrogen) atoms. The monoisotopic (exact) mass is 260 g/mol. The first-order valence-electron chi connectivity index (χ1n) is 6.54. The summed E-state index contributed by atoms with van der Waals surface area (Å²) in [6.45, 7) is 2.08. The van der Waals surface area contributed by atoms with Crippen molar-refractivity contribution in [1.82, 2.24) is 10.9 Å². The van der Waals surface area contributed by atoms with Crippen molar-refractivity contribution in [2.75, 3.05) is 0 Å². The molecule has 1 aromatic rings. The minimum Gasteiger partial charge on any atom is -0.273 e. The van der Waals surface area contributed by atoms with E-state index in [0.717, 1.165) is 24.8 Å². The van der Waals surface area contributed by atoms with E-state index < -0.39 is 0 Å². The minimum absolute atomic E-state index is 0.157. The van der Waals surface area contributed by atoms with Crippen LogP contribution in [0.5, 0.6) is 0 Å². The predicted octanol–water partition coefficient (Wildman–Crippen LogP) is 2.43. The molecular weight excluding hydrogens is 240 g/mol. The molecule has 4 heteroatoms. The zero-order valence-electron chi connectivity index (χ0n) is 11.2. The summed E-state index contributed by atoms with van der Waals surface area (Å²) in [6, 6.07) is 9.49. The average Bonchev–Trinajstić information content (AvgIpc) is 2.44. The van der Waals surface area contributed by atoms with Gasteiger partial charge in [0.25, 0.3) is 5.91 Å². The van der Waals surface area contributed by atoms with Crippen LogP contribution in [0.25, 0.3) is 6.08 Å². The number of unbranched alkanes of at least 4 members (excludes halogenated alkanes) is 2. The standard InChI is InChI=1S/C15H20N2O2/c1-2-3-5-10-14(18)16-17-15(19)12-11-13-8-6-4-7-9-13/h4,6-9,11-12H,2-3,5,10H2,1H3,(H,16,18)(H,17,19). The summed E-state index contributed by atoms with van der Waals surface area (Å²) >= 11 is 0. The molecule has 0 aliphatic rings. The maximum atomic E-state index is 11.4. The lowest BCUT2D eigenvalue weighted by molar-refractivity contribution is -0.126. The van der Waals surface area contributed by atoms with E-state index in [4.69, 9.17) is 0 Å². The number of hydrogen-bond donors (Lipinski definition) is 2. The number of carbonyl (C=O) groups is 2. The normalized spacial score (nSPS) is 10.4. The van der Waals surface area contributed by atoms with Crippen molar-refractivity contribution < 1.29 is 9.59 Å². The Balaban J connectivity index is 2.24. The van der Waals surface area contributed by atoms with Gasteiger partial charge in [-0.05, 0) is 18.1 Å². The molecule has 0 atom stereocenters. The van der Waals surface area contributed by atoms with E-state index in [1.807, 2.05) is 30.3 Å². The lowest BCUT2D eigenvalue weighted by atomic mass is 10.2. The van der Waals surface area contributed by atoms with Crippen LogP contribution in [-0.4, -0.2) is 11.8 Å². The summed E-state index contributed by atoms with van der Waals surface area (Å²) in [6.07, 6.45) is 6.46. The van der Waals surface area contributed by atoms with Crippen molar-refractivity contribution in [2.24, 2.45) is 0 Å². The lowest BCUT2D eigenvalue weighted by Crippen LogP contribution is -2.40. The van der Waals surface area contributed by atoms with Gasteiger partial charge >= 0.3 is 0 Å². The largest absolute Gasteiger partial charge is 0.273 e. The minimum atomic E-state index is -0.340. The van der Waals surface area contributed by atoms with E-state index in [1.54, 1.807) is 6.08 Å². The molecule has 0 aliphatic carbocycles. The zero-order valence-corrected chi connectivity index (χ0v) is 11.2. The van der Waals surface area contributed by atoms with Gasteiger partial charge in [0.05, 0.1) is 0 Å². The lowest BCUT2D eigenvalue weighted by Gasteiger charge is -2.04. The molecule has 2 N–H and O–H groups in total. The van der Waals surface area contributed by atoms with Gasteiger partial charge in [-0.3, -0.25) is 20.4 Å². The van der Waals surface area contributed by atoms with Crippen LogP contribution in [0.2, 0.25) is 0 Å². The molecule has 0 radical (unpaired) electrons. The molecule has 1 rings (SSSR count). The second-order valence-corrected chi connectivity index (χ2v) is 4.24. The van der Waals surface area contributed by atoms with Gasteiger partial charge in [0.15, 0.2) is 0 Å². The van der Waals surface area contributed by atoms with Crippen molar-refractivity contribution in [1.29, 1.82) is 0 Å². The van der Waals surface area contributed by atoms with Gasteiger partial charge in [0.2, 0.25) is 5.91 Å². The first kappa shape index (κ1) is 15.0. The predicted molar refractivity (Wildman–Crippen MR) is 75.9 cm³/mol. The van der Waals surface area contributed by atoms with Gasteiger partial charge in [-0.2, -0.15) is 0 Å². The zero-order chi connectivity index (χ0) is 13.9. The number of rotatable bonds is 6. The third kappa shape index (κ3) is 7.03. The number of hydrogen-bond acceptors (Lipinski definition) is 2. The summed E-state index contributed by atoms with van der Waals surface area (Å²) in [5, 5.41) is 0. The molecule has 0 fully saturated rings. The summed E-state index contributed by atoms with van der Waals surface area (Å²) in [4.78, 5) is 22.8. The Morgan fingerprint density at radius 1 is 1.11 bits per heavy atom. The highest BCUT2D eigenvalue weighted by atomic mass is 16.2. The Hall–Kier alpha value is -2.10. The summed E-state index contributed by atoms with van der Waals surface area (Å²) < 4.78 is 0. The Bertz CT molecular complexity index is 427. The second-order valence-electron chi connectivity index (χ2n) is 4.24. The number of amides is 2. The molecule has 1 aromatic carbocycles. The SMILES string of the molecule is CCCCCC(=O)NNC(=O)C=Cc1ccccc1. The highest BCUT2D eigenvalue weighted by molar-refractivity contribution is 5.93. The molecule has 0 aliphatic heterocycles. The van der Waals surface area contributed by atoms with Crippen LogP contribution in [0.15, 0.2) is 36.4 Å². The van der Waals surface area contributed by atoms with Crippen molar-refractivity contribution in [3.63, 3.8) is 0 Å². The maximum Gasteiger partial charge on any atom is 0.262 e. The van der Waals surface area contributed by atoms with Gasteiger partial charge in [-0.25, -0.2) is 0 Å². The van der Waals surface area contributed by atoms with Crippen LogP contribution in [0.1, 0.15) is 38.2 Å². The molecule has 0 aromatic heterocycles. The Kier molecular flexibility index (Phi) is 7.02. The first-order valence-corrected chi connectivity index (χ1v) is 6.54. The molecule has 102 valence electrons. The summed E-state index contributed by atoms with van der Waals surface area (Å²) in [5.41, 5.74) is 5.68. The van der Waals surface area contributed by atoms with Crippen molar-refractivity contribution in [3.05, 3.63) is 42.0 Å². The van der Waals surface area contributed by atoms with E-state index in [1.165, 1.54) is 6.08 Å². The van der Waals surface area contributed by atoms with Gasteiger partial charge in [-0.15, -0.1) is 0 Å². The Morgan fingerprint density at radius 2 is 1.84 bits per heavy atom. The van der Waals surface area contributed by atoms with Crippen molar-refractivity contribution in [2.45, 2.75) is 32.6 Å². The Labute approximate surface area is 113 Å². The Morgan fingerprint density at radius 3 is 2.53 bits per heavy atom. The molecule has 0 saturated heterocycles. The second kappa shape index (κ2) is 8.91. The third-order valence-corrected chi connectivity index (χ3v) is 2.56. The van der Waals surface area contributed by atoms with Gasteiger partial charge in [0.1, 0.15) is 0 Å². The molecule has 0 saturated carbocycles. The van der Waals surface area contributed by atoms with Crippen LogP contribution < -0.4 is 10.9 Å². The highest BCUT2D eigenvalue weighted by Crippen LogP contribution is 2.00. The molecule has 0 spiro atoms. The maximum absolute atomic E-state index is 11.4. The van der Waals surface area contributed by atoms with E-state index in [2.05, 4.69) is 17.8 Å². The number of nitrogens with one attached hydrogen (secondary N) is 2. The smallest absolute Gasteiger partial charge is 0.262 e. The van der Waals surface area contributed by atoms with Gasteiger partial charge in [0, 0.05) is 12.5 Å². The molecule has 4 nitrogen and oxygen atoms in total. The molecule has 0 heterocycles. The summed E-state index contributed by atoms with van der Waals surface area (Å²) in [5.74, 6) is -0.498.